The molecule has 0 aromatic rings. The highest BCUT2D eigenvalue weighted by Gasteiger charge is 2.40. The molecule has 3 atom stereocenters. The van der Waals surface area contributed by atoms with E-state index in [1.165, 1.54) is 19.3 Å². The highest BCUT2D eigenvalue weighted by molar-refractivity contribution is 5.70. The molecular formula is C11H19NO2. The molecule has 3 nitrogen and oxygen atoms in total. The fourth-order valence-electron chi connectivity index (χ4n) is 3.19. The summed E-state index contributed by atoms with van der Waals surface area (Å²) < 4.78 is 0. The first-order valence-corrected chi connectivity index (χ1v) is 5.63. The molecule has 1 aliphatic heterocycles. The van der Waals surface area contributed by atoms with Crippen molar-refractivity contribution in [1.29, 1.82) is 0 Å². The highest BCUT2D eigenvalue weighted by Crippen LogP contribution is 2.38. The molecular weight excluding hydrogens is 178 g/mol. The number of piperidine rings is 1. The molecule has 2 rings (SSSR count). The summed E-state index contributed by atoms with van der Waals surface area (Å²) in [5, 5.41) is 9.14. The second-order valence-corrected chi connectivity index (χ2v) is 4.73. The minimum atomic E-state index is -0.574. The van der Waals surface area contributed by atoms with Crippen LogP contribution in [0.1, 0.15) is 32.1 Å². The maximum atomic E-state index is 11.1. The predicted octanol–water partition coefficient (Wildman–Crippen LogP) is 1.58. The van der Waals surface area contributed by atoms with Crippen LogP contribution in [-0.2, 0) is 4.79 Å². The summed E-state index contributed by atoms with van der Waals surface area (Å²) in [6.07, 6.45) is 5.65. The lowest BCUT2D eigenvalue weighted by molar-refractivity contribution is -0.148. The van der Waals surface area contributed by atoms with Crippen LogP contribution in [0.15, 0.2) is 0 Å². The molecule has 2 aliphatic rings. The molecule has 0 spiro atoms. The van der Waals surface area contributed by atoms with E-state index in [1.54, 1.807) is 0 Å². The van der Waals surface area contributed by atoms with Gasteiger partial charge in [-0.05, 0) is 38.8 Å². The fourth-order valence-corrected chi connectivity index (χ4v) is 3.19. The van der Waals surface area contributed by atoms with Crippen molar-refractivity contribution in [1.82, 2.24) is 4.90 Å². The van der Waals surface area contributed by atoms with Crippen LogP contribution < -0.4 is 0 Å². The molecule has 1 saturated carbocycles. The van der Waals surface area contributed by atoms with E-state index >= 15 is 0 Å². The minimum Gasteiger partial charge on any atom is -0.481 e. The topological polar surface area (TPSA) is 40.5 Å². The Morgan fingerprint density at radius 3 is 2.71 bits per heavy atom. The Labute approximate surface area is 85.1 Å². The Morgan fingerprint density at radius 1 is 1.29 bits per heavy atom. The van der Waals surface area contributed by atoms with E-state index in [0.717, 1.165) is 19.4 Å². The molecule has 14 heavy (non-hydrogen) atoms. The van der Waals surface area contributed by atoms with Gasteiger partial charge in [-0.3, -0.25) is 4.79 Å². The molecule has 1 saturated heterocycles. The number of carbonyl (C=O) groups is 1. The SMILES string of the molecule is CN1CCC(C(=O)O)C2CCCCC21. The highest BCUT2D eigenvalue weighted by atomic mass is 16.4. The lowest BCUT2D eigenvalue weighted by Gasteiger charge is -2.45. The molecule has 80 valence electrons. The van der Waals surface area contributed by atoms with Crippen molar-refractivity contribution in [3.8, 4) is 0 Å². The van der Waals surface area contributed by atoms with Crippen molar-refractivity contribution in [2.24, 2.45) is 11.8 Å². The molecule has 0 bridgehead atoms. The molecule has 0 aromatic carbocycles. The molecule has 1 heterocycles. The number of likely N-dealkylation sites (tertiary alicyclic amines) is 1. The Balaban J connectivity index is 2.12. The lowest BCUT2D eigenvalue weighted by Crippen LogP contribution is -2.50. The number of hydrogen-bond donors (Lipinski definition) is 1. The quantitative estimate of drug-likeness (QED) is 0.694. The van der Waals surface area contributed by atoms with Gasteiger partial charge in [-0.25, -0.2) is 0 Å². The summed E-state index contributed by atoms with van der Waals surface area (Å²) in [5.74, 6) is -0.230. The van der Waals surface area contributed by atoms with Gasteiger partial charge in [0.2, 0.25) is 0 Å². The van der Waals surface area contributed by atoms with Crippen LogP contribution in [0.2, 0.25) is 0 Å². The van der Waals surface area contributed by atoms with Crippen LogP contribution in [0.3, 0.4) is 0 Å². The van der Waals surface area contributed by atoms with Crippen molar-refractivity contribution >= 4 is 5.97 Å². The summed E-state index contributed by atoms with van der Waals surface area (Å²) in [7, 11) is 2.14. The van der Waals surface area contributed by atoms with E-state index in [9.17, 15) is 4.79 Å². The first-order valence-electron chi connectivity index (χ1n) is 5.63. The van der Waals surface area contributed by atoms with Gasteiger partial charge in [0.15, 0.2) is 0 Å². The van der Waals surface area contributed by atoms with E-state index in [1.807, 2.05) is 0 Å². The van der Waals surface area contributed by atoms with Gasteiger partial charge in [0, 0.05) is 6.04 Å². The van der Waals surface area contributed by atoms with E-state index in [0.29, 0.717) is 12.0 Å². The Kier molecular flexibility index (Phi) is 2.77. The van der Waals surface area contributed by atoms with Crippen molar-refractivity contribution in [2.75, 3.05) is 13.6 Å². The number of carboxylic acid groups (broad SMARTS) is 1. The van der Waals surface area contributed by atoms with Crippen molar-refractivity contribution < 1.29 is 9.90 Å². The average molecular weight is 197 g/mol. The van der Waals surface area contributed by atoms with E-state index < -0.39 is 5.97 Å². The number of carboxylic acids is 1. The largest absolute Gasteiger partial charge is 0.481 e. The standard InChI is InChI=1S/C11H19NO2/c1-12-7-6-9(11(13)14)8-4-2-3-5-10(8)12/h8-10H,2-7H2,1H3,(H,13,14). The first kappa shape index (κ1) is 9.97. The second kappa shape index (κ2) is 3.89. The van der Waals surface area contributed by atoms with Crippen molar-refractivity contribution in [2.45, 2.75) is 38.1 Å². The summed E-state index contributed by atoms with van der Waals surface area (Å²) in [6.45, 7) is 0.956. The normalized spacial score (nSPS) is 39.1. The molecule has 1 N–H and O–H groups in total. The van der Waals surface area contributed by atoms with Gasteiger partial charge in [-0.2, -0.15) is 0 Å². The van der Waals surface area contributed by atoms with Crippen LogP contribution in [0.25, 0.3) is 0 Å². The third kappa shape index (κ3) is 1.65. The number of nitrogens with zero attached hydrogens (tertiary/aromatic N) is 1. The monoisotopic (exact) mass is 197 g/mol. The predicted molar refractivity (Wildman–Crippen MR) is 54.1 cm³/mol. The number of aliphatic carboxylic acids is 1. The summed E-state index contributed by atoms with van der Waals surface area (Å²) in [5.41, 5.74) is 0. The third-order valence-electron chi connectivity index (χ3n) is 3.97. The number of rotatable bonds is 1. The van der Waals surface area contributed by atoms with Crippen LogP contribution in [0.5, 0.6) is 0 Å². The Morgan fingerprint density at radius 2 is 2.00 bits per heavy atom. The number of hydrogen-bond acceptors (Lipinski definition) is 2. The van der Waals surface area contributed by atoms with Crippen LogP contribution >= 0.6 is 0 Å². The zero-order chi connectivity index (χ0) is 10.1. The zero-order valence-electron chi connectivity index (χ0n) is 8.78. The van der Waals surface area contributed by atoms with Gasteiger partial charge in [-0.15, -0.1) is 0 Å². The fraction of sp³-hybridized carbons (Fsp3) is 0.909. The minimum absolute atomic E-state index is 0.0727. The van der Waals surface area contributed by atoms with Gasteiger partial charge in [0.25, 0.3) is 0 Å². The first-order chi connectivity index (χ1) is 6.70. The van der Waals surface area contributed by atoms with Gasteiger partial charge < -0.3 is 10.0 Å². The van der Waals surface area contributed by atoms with Crippen LogP contribution in [0, 0.1) is 11.8 Å². The molecule has 3 unspecified atom stereocenters. The molecule has 0 aromatic heterocycles. The summed E-state index contributed by atoms with van der Waals surface area (Å²) >= 11 is 0. The second-order valence-electron chi connectivity index (χ2n) is 4.73. The van der Waals surface area contributed by atoms with Crippen LogP contribution in [-0.4, -0.2) is 35.6 Å². The molecule has 3 heteroatoms. The van der Waals surface area contributed by atoms with Gasteiger partial charge in [-0.1, -0.05) is 12.8 Å². The van der Waals surface area contributed by atoms with Gasteiger partial charge >= 0.3 is 5.97 Å². The lowest BCUT2D eigenvalue weighted by atomic mass is 9.72. The summed E-state index contributed by atoms with van der Waals surface area (Å²) in [4.78, 5) is 13.5. The van der Waals surface area contributed by atoms with E-state index in [4.69, 9.17) is 5.11 Å². The van der Waals surface area contributed by atoms with E-state index in [2.05, 4.69) is 11.9 Å². The number of fused-ring (bicyclic) bond motifs is 1. The third-order valence-corrected chi connectivity index (χ3v) is 3.97. The maximum Gasteiger partial charge on any atom is 0.306 e. The molecule has 0 amide bonds. The van der Waals surface area contributed by atoms with Gasteiger partial charge in [0.1, 0.15) is 0 Å². The average Bonchev–Trinajstić information content (AvgIpc) is 2.18. The van der Waals surface area contributed by atoms with Crippen molar-refractivity contribution in [3.63, 3.8) is 0 Å². The Hall–Kier alpha value is -0.570. The van der Waals surface area contributed by atoms with Crippen LogP contribution in [0.4, 0.5) is 0 Å². The Bertz CT molecular complexity index is 229. The smallest absolute Gasteiger partial charge is 0.306 e. The zero-order valence-corrected chi connectivity index (χ0v) is 8.78. The van der Waals surface area contributed by atoms with Crippen molar-refractivity contribution in [3.05, 3.63) is 0 Å². The molecule has 0 radical (unpaired) electrons. The van der Waals surface area contributed by atoms with E-state index in [-0.39, 0.29) is 5.92 Å². The maximum absolute atomic E-state index is 11.1. The summed E-state index contributed by atoms with van der Waals surface area (Å²) in [6, 6.07) is 0.540. The molecule has 1 aliphatic carbocycles. The van der Waals surface area contributed by atoms with Gasteiger partial charge in [0.05, 0.1) is 5.92 Å². The molecule has 2 fully saturated rings.